The van der Waals surface area contributed by atoms with Crippen LogP contribution in [0.5, 0.6) is 0 Å². The maximum atomic E-state index is 9.31. The van der Waals surface area contributed by atoms with Gasteiger partial charge in [0.2, 0.25) is 5.69 Å². The molecule has 0 bridgehead atoms. The number of unbranched alkanes of at least 4 members (excludes halogenated alkanes) is 2. The van der Waals surface area contributed by atoms with Crippen LogP contribution in [0.25, 0.3) is 0 Å². The van der Waals surface area contributed by atoms with Crippen molar-refractivity contribution in [3.63, 3.8) is 0 Å². The Bertz CT molecular complexity index is 376. The molecule has 1 rings (SSSR count). The standard InChI is InChI=1S/C11H17O2PS2/c1-2-3-4-7-10-8-5-6-9-11(10)16-14(12,13)15/h5-6,8-9H,2-4,7H2,1H3,(H2,12,13,15). The first-order valence-electron chi connectivity index (χ1n) is 5.36. The fraction of sp³-hybridized carbons (Fsp3) is 0.455. The molecule has 0 saturated heterocycles. The summed E-state index contributed by atoms with van der Waals surface area (Å²) in [6, 6.07) is 7.81. The molecule has 2 nitrogen and oxygen atoms in total. The molecule has 0 radical (unpaired) electrons. The van der Waals surface area contributed by atoms with Crippen molar-refractivity contribution in [1.29, 1.82) is 0 Å². The quantitative estimate of drug-likeness (QED) is 0.613. The predicted molar refractivity (Wildman–Crippen MR) is 74.3 cm³/mol. The highest BCUT2D eigenvalue weighted by Crippen LogP contribution is 2.55. The molecule has 0 unspecified atom stereocenters. The zero-order chi connectivity index (χ0) is 12.0. The third-order valence-corrected chi connectivity index (χ3v) is 5.05. The van der Waals surface area contributed by atoms with Crippen LogP contribution in [0, 0.1) is 0 Å². The minimum Gasteiger partial charge on any atom is -0.337 e. The molecule has 0 atom stereocenters. The highest BCUT2D eigenvalue weighted by atomic mass is 32.9. The first-order valence-corrected chi connectivity index (χ1v) is 9.49. The van der Waals surface area contributed by atoms with Crippen molar-refractivity contribution < 1.29 is 9.79 Å². The molecular formula is C11H17O2PS2. The van der Waals surface area contributed by atoms with Crippen LogP contribution in [0.1, 0.15) is 31.7 Å². The monoisotopic (exact) mass is 276 g/mol. The Morgan fingerprint density at radius 2 is 1.94 bits per heavy atom. The minimum atomic E-state index is -3.20. The van der Waals surface area contributed by atoms with Crippen LogP contribution in [0.2, 0.25) is 0 Å². The fourth-order valence-corrected chi connectivity index (χ4v) is 4.20. The molecule has 16 heavy (non-hydrogen) atoms. The number of aryl methyl sites for hydroxylation is 1. The largest absolute Gasteiger partial charge is 0.337 e. The summed E-state index contributed by atoms with van der Waals surface area (Å²) in [4.78, 5) is 19.5. The van der Waals surface area contributed by atoms with Gasteiger partial charge in [-0.2, -0.15) is 0 Å². The molecule has 0 amide bonds. The molecule has 90 valence electrons. The van der Waals surface area contributed by atoms with Gasteiger partial charge in [-0.15, -0.1) is 0 Å². The average molecular weight is 276 g/mol. The molecule has 0 heterocycles. The molecule has 2 N–H and O–H groups in total. The van der Waals surface area contributed by atoms with Crippen molar-refractivity contribution >= 4 is 28.9 Å². The summed E-state index contributed by atoms with van der Waals surface area (Å²) < 4.78 is 0. The van der Waals surface area contributed by atoms with Crippen LogP contribution in [0.4, 0.5) is 0 Å². The Hall–Kier alpha value is 0.140. The Labute approximate surface area is 106 Å². The molecule has 0 aliphatic carbocycles. The second-order valence-corrected chi connectivity index (χ2v) is 9.55. The molecular weight excluding hydrogens is 259 g/mol. The molecule has 1 aromatic carbocycles. The molecule has 5 heteroatoms. The number of hydrogen-bond acceptors (Lipinski definition) is 2. The van der Waals surface area contributed by atoms with E-state index in [9.17, 15) is 9.79 Å². The average Bonchev–Trinajstić information content (AvgIpc) is 2.19. The molecule has 0 aliphatic rings. The van der Waals surface area contributed by atoms with Crippen LogP contribution in [0.15, 0.2) is 29.2 Å². The highest BCUT2D eigenvalue weighted by molar-refractivity contribution is 8.67. The molecule has 0 spiro atoms. The molecule has 0 saturated carbocycles. The third kappa shape index (κ3) is 5.46. The van der Waals surface area contributed by atoms with E-state index >= 15 is 0 Å². The first kappa shape index (κ1) is 14.2. The predicted octanol–water partition coefficient (Wildman–Crippen LogP) is 3.72. The topological polar surface area (TPSA) is 40.5 Å². The summed E-state index contributed by atoms with van der Waals surface area (Å²) in [5.41, 5.74) is -2.04. The van der Waals surface area contributed by atoms with Crippen LogP contribution in [-0.4, -0.2) is 9.79 Å². The Kier molecular flexibility index (Phi) is 6.01. The van der Waals surface area contributed by atoms with E-state index in [4.69, 9.17) is 0 Å². The lowest BCUT2D eigenvalue weighted by Crippen LogP contribution is -1.88. The van der Waals surface area contributed by atoms with E-state index in [1.165, 1.54) is 18.4 Å². The lowest BCUT2D eigenvalue weighted by molar-refractivity contribution is 0.502. The Morgan fingerprint density at radius 1 is 1.25 bits per heavy atom. The summed E-state index contributed by atoms with van der Waals surface area (Å²) in [6.07, 6.45) is 4.50. The van der Waals surface area contributed by atoms with Gasteiger partial charge >= 0.3 is 0 Å². The van der Waals surface area contributed by atoms with Gasteiger partial charge in [0.15, 0.2) is 0 Å². The minimum absolute atomic E-state index is 0.909. The third-order valence-electron chi connectivity index (χ3n) is 2.24. The van der Waals surface area contributed by atoms with E-state index in [1.54, 1.807) is 0 Å². The van der Waals surface area contributed by atoms with Gasteiger partial charge in [0.05, 0.1) is 0 Å². The SMILES string of the molecule is CCCCCc1ccccc1SP(O)(O)=S. The molecule has 1 aromatic rings. The summed E-state index contributed by atoms with van der Waals surface area (Å²) >= 11 is 5.67. The zero-order valence-corrected chi connectivity index (χ0v) is 11.8. The first-order chi connectivity index (χ1) is 7.53. The second-order valence-electron chi connectivity index (χ2n) is 3.65. The van der Waals surface area contributed by atoms with E-state index in [1.807, 2.05) is 24.3 Å². The zero-order valence-electron chi connectivity index (χ0n) is 9.30. The number of hydrogen-bond donors (Lipinski definition) is 2. The Morgan fingerprint density at radius 3 is 2.56 bits per heavy atom. The van der Waals surface area contributed by atoms with Gasteiger partial charge in [-0.25, -0.2) is 0 Å². The maximum Gasteiger partial charge on any atom is 0.246 e. The van der Waals surface area contributed by atoms with Gasteiger partial charge in [0.1, 0.15) is 0 Å². The van der Waals surface area contributed by atoms with Crippen molar-refractivity contribution in [3.05, 3.63) is 29.8 Å². The molecule has 0 aliphatic heterocycles. The second kappa shape index (κ2) is 6.77. The Balaban J connectivity index is 2.71. The van der Waals surface area contributed by atoms with Crippen LogP contribution < -0.4 is 0 Å². The summed E-state index contributed by atoms with van der Waals surface area (Å²) in [5, 5.41) is 0. The summed E-state index contributed by atoms with van der Waals surface area (Å²) in [6.45, 7) is 2.17. The van der Waals surface area contributed by atoms with Crippen LogP contribution in [-0.2, 0) is 18.2 Å². The van der Waals surface area contributed by atoms with Crippen molar-refractivity contribution in [2.45, 2.75) is 37.5 Å². The van der Waals surface area contributed by atoms with Crippen LogP contribution >= 0.6 is 17.1 Å². The van der Waals surface area contributed by atoms with Gasteiger partial charge in [0.25, 0.3) is 0 Å². The van der Waals surface area contributed by atoms with E-state index in [0.717, 1.165) is 29.1 Å². The number of benzene rings is 1. The number of rotatable bonds is 6. The van der Waals surface area contributed by atoms with Crippen LogP contribution in [0.3, 0.4) is 0 Å². The molecule has 0 fully saturated rings. The summed E-state index contributed by atoms with van der Waals surface area (Å²) in [7, 11) is 0. The molecule has 0 aromatic heterocycles. The van der Waals surface area contributed by atoms with E-state index in [2.05, 4.69) is 18.7 Å². The van der Waals surface area contributed by atoms with Gasteiger partial charge in [-0.05, 0) is 47.7 Å². The van der Waals surface area contributed by atoms with Gasteiger partial charge < -0.3 is 9.79 Å². The lowest BCUT2D eigenvalue weighted by Gasteiger charge is -2.11. The van der Waals surface area contributed by atoms with Gasteiger partial charge in [0, 0.05) is 4.90 Å². The van der Waals surface area contributed by atoms with E-state index in [-0.39, 0.29) is 0 Å². The fourth-order valence-electron chi connectivity index (χ4n) is 1.49. The van der Waals surface area contributed by atoms with E-state index < -0.39 is 5.69 Å². The summed E-state index contributed by atoms with van der Waals surface area (Å²) in [5.74, 6) is 0. The van der Waals surface area contributed by atoms with Crippen molar-refractivity contribution in [3.8, 4) is 0 Å². The van der Waals surface area contributed by atoms with Crippen molar-refractivity contribution in [2.75, 3.05) is 0 Å². The van der Waals surface area contributed by atoms with Gasteiger partial charge in [-0.3, -0.25) is 0 Å². The smallest absolute Gasteiger partial charge is 0.246 e. The normalized spacial score (nSPS) is 11.7. The van der Waals surface area contributed by atoms with Gasteiger partial charge in [-0.1, -0.05) is 38.0 Å². The van der Waals surface area contributed by atoms with E-state index in [0.29, 0.717) is 0 Å². The van der Waals surface area contributed by atoms with Crippen molar-refractivity contribution in [2.24, 2.45) is 0 Å². The lowest BCUT2D eigenvalue weighted by atomic mass is 10.1. The highest BCUT2D eigenvalue weighted by Gasteiger charge is 2.12. The van der Waals surface area contributed by atoms with Crippen molar-refractivity contribution in [1.82, 2.24) is 0 Å². The maximum absolute atomic E-state index is 9.31.